The van der Waals surface area contributed by atoms with Crippen LogP contribution in [0, 0.1) is 5.92 Å². The molecule has 0 atom stereocenters. The molecule has 1 aliphatic heterocycles. The Morgan fingerprint density at radius 2 is 1.90 bits per heavy atom. The lowest BCUT2D eigenvalue weighted by Gasteiger charge is -2.31. The average molecular weight is 313 g/mol. The van der Waals surface area contributed by atoms with Crippen molar-refractivity contribution in [3.8, 4) is 5.75 Å². The highest BCUT2D eigenvalue weighted by atomic mass is 35.5. The van der Waals surface area contributed by atoms with Crippen molar-refractivity contribution in [2.45, 2.75) is 32.2 Å². The number of piperidine rings is 1. The lowest BCUT2D eigenvalue weighted by Crippen LogP contribution is -2.46. The summed E-state index contributed by atoms with van der Waals surface area (Å²) in [6, 6.07) is 7.83. The molecule has 2 rings (SSSR count). The molecule has 4 nitrogen and oxygen atoms in total. The van der Waals surface area contributed by atoms with Gasteiger partial charge in [0.2, 0.25) is 5.91 Å². The van der Waals surface area contributed by atoms with Gasteiger partial charge in [0, 0.05) is 11.5 Å². The highest BCUT2D eigenvalue weighted by Crippen LogP contribution is 2.30. The van der Waals surface area contributed by atoms with E-state index in [-0.39, 0.29) is 24.2 Å². The van der Waals surface area contributed by atoms with E-state index in [1.807, 2.05) is 38.1 Å². The Labute approximate surface area is 133 Å². The molecule has 0 aromatic heterocycles. The number of benzene rings is 1. The van der Waals surface area contributed by atoms with Crippen LogP contribution >= 0.6 is 12.4 Å². The van der Waals surface area contributed by atoms with Gasteiger partial charge in [0.15, 0.2) is 0 Å². The highest BCUT2D eigenvalue weighted by Gasteiger charge is 2.29. The monoisotopic (exact) mass is 312 g/mol. The van der Waals surface area contributed by atoms with E-state index < -0.39 is 5.54 Å². The van der Waals surface area contributed by atoms with Crippen LogP contribution in [0.4, 0.5) is 0 Å². The average Bonchev–Trinajstić information content (AvgIpc) is 2.47. The van der Waals surface area contributed by atoms with Crippen molar-refractivity contribution >= 4 is 18.3 Å². The molecule has 0 saturated carbocycles. The van der Waals surface area contributed by atoms with Crippen LogP contribution < -0.4 is 15.4 Å². The third-order valence-corrected chi connectivity index (χ3v) is 3.93. The van der Waals surface area contributed by atoms with Gasteiger partial charge in [-0.3, -0.25) is 4.79 Å². The highest BCUT2D eigenvalue weighted by molar-refractivity contribution is 5.85. The van der Waals surface area contributed by atoms with Gasteiger partial charge in [0.25, 0.3) is 0 Å². The quantitative estimate of drug-likeness (QED) is 0.898. The van der Waals surface area contributed by atoms with Gasteiger partial charge in [-0.1, -0.05) is 18.2 Å². The van der Waals surface area contributed by atoms with Crippen LogP contribution in [0.15, 0.2) is 24.3 Å². The molecule has 1 aliphatic rings. The van der Waals surface area contributed by atoms with Gasteiger partial charge >= 0.3 is 0 Å². The predicted molar refractivity (Wildman–Crippen MR) is 87.0 cm³/mol. The third-order valence-electron chi connectivity index (χ3n) is 3.93. The molecule has 1 aromatic carbocycles. The summed E-state index contributed by atoms with van der Waals surface area (Å²) in [5, 5.41) is 6.45. The SMILES string of the molecule is COc1ccccc1C(C)(C)NC(=O)C1CCNCC1.Cl. The van der Waals surface area contributed by atoms with Gasteiger partial charge in [-0.05, 0) is 45.8 Å². The first-order chi connectivity index (χ1) is 9.54. The molecule has 1 amide bonds. The van der Waals surface area contributed by atoms with E-state index in [9.17, 15) is 4.79 Å². The van der Waals surface area contributed by atoms with Crippen molar-refractivity contribution in [2.24, 2.45) is 5.92 Å². The summed E-state index contributed by atoms with van der Waals surface area (Å²) in [5.41, 5.74) is 0.568. The maximum absolute atomic E-state index is 12.4. The van der Waals surface area contributed by atoms with Crippen LogP contribution in [0.2, 0.25) is 0 Å². The van der Waals surface area contributed by atoms with Gasteiger partial charge in [0.1, 0.15) is 5.75 Å². The standard InChI is InChI=1S/C16H24N2O2.ClH/c1-16(2,13-6-4-5-7-14(13)20-3)18-15(19)12-8-10-17-11-9-12;/h4-7,12,17H,8-11H2,1-3H3,(H,18,19);1H. The number of halogens is 1. The van der Waals surface area contributed by atoms with Gasteiger partial charge in [0.05, 0.1) is 12.6 Å². The summed E-state index contributed by atoms with van der Waals surface area (Å²) in [5.74, 6) is 1.07. The second kappa shape index (κ2) is 7.66. The number of ether oxygens (including phenoxy) is 1. The normalized spacial score (nSPS) is 16.0. The van der Waals surface area contributed by atoms with Crippen molar-refractivity contribution in [3.63, 3.8) is 0 Å². The summed E-state index contributed by atoms with van der Waals surface area (Å²) in [7, 11) is 1.66. The lowest BCUT2D eigenvalue weighted by molar-refractivity contribution is -0.127. The Balaban J connectivity index is 0.00000220. The molecule has 21 heavy (non-hydrogen) atoms. The molecule has 1 fully saturated rings. The molecular weight excluding hydrogens is 288 g/mol. The Bertz CT molecular complexity index is 471. The predicted octanol–water partition coefficient (Wildman–Crippen LogP) is 2.47. The van der Waals surface area contributed by atoms with E-state index in [0.29, 0.717) is 0 Å². The second-order valence-corrected chi connectivity index (χ2v) is 5.84. The first-order valence-corrected chi connectivity index (χ1v) is 7.21. The molecule has 0 radical (unpaired) electrons. The molecule has 5 heteroatoms. The number of hydrogen-bond acceptors (Lipinski definition) is 3. The molecule has 0 bridgehead atoms. The van der Waals surface area contributed by atoms with Gasteiger partial charge in [-0.15, -0.1) is 12.4 Å². The fourth-order valence-corrected chi connectivity index (χ4v) is 2.72. The van der Waals surface area contributed by atoms with Crippen LogP contribution in [0.3, 0.4) is 0 Å². The second-order valence-electron chi connectivity index (χ2n) is 5.84. The van der Waals surface area contributed by atoms with Crippen molar-refractivity contribution in [1.82, 2.24) is 10.6 Å². The molecule has 1 heterocycles. The molecule has 118 valence electrons. The maximum atomic E-state index is 12.4. The number of carbonyl (C=O) groups is 1. The summed E-state index contributed by atoms with van der Waals surface area (Å²) in [6.45, 7) is 5.88. The zero-order valence-electron chi connectivity index (χ0n) is 12.9. The summed E-state index contributed by atoms with van der Waals surface area (Å²) >= 11 is 0. The largest absolute Gasteiger partial charge is 0.496 e. The third kappa shape index (κ3) is 4.35. The van der Waals surface area contributed by atoms with Crippen molar-refractivity contribution < 1.29 is 9.53 Å². The van der Waals surface area contributed by atoms with E-state index in [2.05, 4.69) is 10.6 Å². The molecule has 1 saturated heterocycles. The minimum atomic E-state index is -0.436. The van der Waals surface area contributed by atoms with Crippen molar-refractivity contribution in [3.05, 3.63) is 29.8 Å². The molecule has 0 aliphatic carbocycles. The fourth-order valence-electron chi connectivity index (χ4n) is 2.72. The fraction of sp³-hybridized carbons (Fsp3) is 0.562. The number of methoxy groups -OCH3 is 1. The maximum Gasteiger partial charge on any atom is 0.223 e. The molecular formula is C16H25ClN2O2. The summed E-state index contributed by atoms with van der Waals surface area (Å²) in [4.78, 5) is 12.4. The minimum Gasteiger partial charge on any atom is -0.496 e. The van der Waals surface area contributed by atoms with Gasteiger partial charge in [-0.25, -0.2) is 0 Å². The van der Waals surface area contributed by atoms with Crippen molar-refractivity contribution in [2.75, 3.05) is 20.2 Å². The van der Waals surface area contributed by atoms with Crippen LogP contribution in [-0.4, -0.2) is 26.1 Å². The van der Waals surface area contributed by atoms with E-state index in [4.69, 9.17) is 4.74 Å². The van der Waals surface area contributed by atoms with Crippen LogP contribution in [0.1, 0.15) is 32.3 Å². The Kier molecular flexibility index (Phi) is 6.49. The van der Waals surface area contributed by atoms with E-state index in [1.165, 1.54) is 0 Å². The van der Waals surface area contributed by atoms with Crippen LogP contribution in [0.5, 0.6) is 5.75 Å². The van der Waals surface area contributed by atoms with E-state index in [0.717, 1.165) is 37.2 Å². The number of carbonyl (C=O) groups excluding carboxylic acids is 1. The summed E-state index contributed by atoms with van der Waals surface area (Å²) in [6.07, 6.45) is 1.82. The topological polar surface area (TPSA) is 50.4 Å². The van der Waals surface area contributed by atoms with Gasteiger partial charge in [-0.2, -0.15) is 0 Å². The zero-order valence-corrected chi connectivity index (χ0v) is 13.8. The molecule has 2 N–H and O–H groups in total. The van der Waals surface area contributed by atoms with Crippen molar-refractivity contribution in [1.29, 1.82) is 0 Å². The Hall–Kier alpha value is -1.26. The Morgan fingerprint density at radius 1 is 1.29 bits per heavy atom. The van der Waals surface area contributed by atoms with E-state index in [1.54, 1.807) is 7.11 Å². The molecule has 0 unspecified atom stereocenters. The number of rotatable bonds is 4. The number of hydrogen-bond donors (Lipinski definition) is 2. The Morgan fingerprint density at radius 3 is 2.52 bits per heavy atom. The zero-order chi connectivity index (χ0) is 14.6. The van der Waals surface area contributed by atoms with E-state index >= 15 is 0 Å². The van der Waals surface area contributed by atoms with Gasteiger partial charge < -0.3 is 15.4 Å². The lowest BCUT2D eigenvalue weighted by atomic mass is 9.90. The summed E-state index contributed by atoms with van der Waals surface area (Å²) < 4.78 is 5.40. The molecule has 0 spiro atoms. The first-order valence-electron chi connectivity index (χ1n) is 7.21. The first kappa shape index (κ1) is 17.8. The number of nitrogens with one attached hydrogen (secondary N) is 2. The number of amides is 1. The molecule has 1 aromatic rings. The smallest absolute Gasteiger partial charge is 0.223 e. The number of para-hydroxylation sites is 1. The van der Waals surface area contributed by atoms with Crippen LogP contribution in [-0.2, 0) is 10.3 Å². The van der Waals surface area contributed by atoms with Crippen LogP contribution in [0.25, 0.3) is 0 Å². The minimum absolute atomic E-state index is 0.